The summed E-state index contributed by atoms with van der Waals surface area (Å²) in [4.78, 5) is 30.5. The molecule has 3 aromatic carbocycles. The number of anilines is 1. The van der Waals surface area contributed by atoms with Crippen LogP contribution in [0.3, 0.4) is 0 Å². The van der Waals surface area contributed by atoms with Gasteiger partial charge in [-0.2, -0.15) is 0 Å². The molecule has 0 aliphatic carbocycles. The predicted octanol–water partition coefficient (Wildman–Crippen LogP) is 6.06. The van der Waals surface area contributed by atoms with Crippen molar-refractivity contribution in [2.45, 2.75) is 6.92 Å². The van der Waals surface area contributed by atoms with E-state index in [-0.39, 0.29) is 17.4 Å². The number of carbonyl (C=O) groups is 2. The van der Waals surface area contributed by atoms with Crippen molar-refractivity contribution in [2.24, 2.45) is 0 Å². The van der Waals surface area contributed by atoms with Crippen LogP contribution in [0.15, 0.2) is 71.1 Å². The number of rotatable bonds is 4. The Labute approximate surface area is 187 Å². The molecule has 158 valence electrons. The summed E-state index contributed by atoms with van der Waals surface area (Å²) < 4.78 is 11.8. The van der Waals surface area contributed by atoms with Crippen LogP contribution in [0.25, 0.3) is 31.6 Å². The number of benzene rings is 3. The summed E-state index contributed by atoms with van der Waals surface area (Å²) >= 11 is 1.42. The first kappa shape index (κ1) is 20.0. The number of esters is 1. The van der Waals surface area contributed by atoms with Gasteiger partial charge in [-0.1, -0.05) is 48.5 Å². The molecule has 0 spiro atoms. The number of furan rings is 1. The van der Waals surface area contributed by atoms with E-state index in [1.54, 1.807) is 13.0 Å². The van der Waals surface area contributed by atoms with Crippen molar-refractivity contribution in [2.75, 3.05) is 12.4 Å². The first-order valence-electron chi connectivity index (χ1n) is 9.93. The Morgan fingerprint density at radius 2 is 1.75 bits per heavy atom. The van der Waals surface area contributed by atoms with Gasteiger partial charge in [-0.3, -0.25) is 10.1 Å². The van der Waals surface area contributed by atoms with Gasteiger partial charge in [0.1, 0.15) is 16.3 Å². The Kier molecular flexibility index (Phi) is 4.95. The highest BCUT2D eigenvalue weighted by Crippen LogP contribution is 2.41. The molecule has 2 aromatic heterocycles. The van der Waals surface area contributed by atoms with E-state index in [4.69, 9.17) is 9.15 Å². The van der Waals surface area contributed by atoms with Crippen LogP contribution in [-0.2, 0) is 4.74 Å². The number of hydrogen-bond donors (Lipinski definition) is 1. The van der Waals surface area contributed by atoms with Gasteiger partial charge >= 0.3 is 5.97 Å². The van der Waals surface area contributed by atoms with Gasteiger partial charge in [-0.05, 0) is 35.9 Å². The molecule has 6 nitrogen and oxygen atoms in total. The Hall–Kier alpha value is -3.97. The largest absolute Gasteiger partial charge is 0.465 e. The van der Waals surface area contributed by atoms with Gasteiger partial charge < -0.3 is 9.15 Å². The molecule has 32 heavy (non-hydrogen) atoms. The molecule has 1 amide bonds. The molecule has 0 aliphatic heterocycles. The second-order valence-electron chi connectivity index (χ2n) is 7.20. The SMILES string of the molecule is COC(=O)c1c(C)oc(NC(=O)c2cccc3ccccc23)c1-c1nc2ccccc2s1. The molecule has 0 fully saturated rings. The monoisotopic (exact) mass is 442 g/mol. The number of methoxy groups -OCH3 is 1. The Balaban J connectivity index is 1.64. The average molecular weight is 442 g/mol. The molecule has 0 unspecified atom stereocenters. The number of aryl methyl sites for hydroxylation is 1. The van der Waals surface area contributed by atoms with Crippen LogP contribution in [0.1, 0.15) is 26.5 Å². The van der Waals surface area contributed by atoms with Gasteiger partial charge in [-0.25, -0.2) is 9.78 Å². The lowest BCUT2D eigenvalue weighted by molar-refractivity contribution is 0.0599. The van der Waals surface area contributed by atoms with Crippen molar-refractivity contribution in [1.29, 1.82) is 0 Å². The van der Waals surface area contributed by atoms with E-state index in [1.165, 1.54) is 18.4 Å². The van der Waals surface area contributed by atoms with Crippen LogP contribution < -0.4 is 5.32 Å². The Morgan fingerprint density at radius 1 is 1.00 bits per heavy atom. The lowest BCUT2D eigenvalue weighted by atomic mass is 10.0. The van der Waals surface area contributed by atoms with Crippen LogP contribution >= 0.6 is 11.3 Å². The van der Waals surface area contributed by atoms with Crippen LogP contribution in [0, 0.1) is 6.92 Å². The molecule has 0 radical (unpaired) electrons. The molecule has 2 heterocycles. The normalized spacial score (nSPS) is 11.1. The van der Waals surface area contributed by atoms with Crippen LogP contribution in [0.2, 0.25) is 0 Å². The fraction of sp³-hybridized carbons (Fsp3) is 0.0800. The lowest BCUT2D eigenvalue weighted by Crippen LogP contribution is -2.13. The molecule has 5 rings (SSSR count). The van der Waals surface area contributed by atoms with Crippen molar-refractivity contribution in [1.82, 2.24) is 4.98 Å². The zero-order chi connectivity index (χ0) is 22.2. The van der Waals surface area contributed by atoms with Gasteiger partial charge in [0.2, 0.25) is 5.88 Å². The molecular formula is C25H18N2O4S. The van der Waals surface area contributed by atoms with Gasteiger partial charge in [0.15, 0.2) is 0 Å². The zero-order valence-corrected chi connectivity index (χ0v) is 18.2. The smallest absolute Gasteiger partial charge is 0.342 e. The number of aromatic nitrogens is 1. The van der Waals surface area contributed by atoms with Crippen LogP contribution in [0.5, 0.6) is 0 Å². The standard InChI is InChI=1S/C25H18N2O4S/c1-14-20(25(29)30-2)21(24-26-18-12-5-6-13-19(18)32-24)23(31-14)27-22(28)17-11-7-9-15-8-3-4-10-16(15)17/h3-13H,1-2H3,(H,27,28). The van der Waals surface area contributed by atoms with Crippen LogP contribution in [-0.4, -0.2) is 24.0 Å². The minimum Gasteiger partial charge on any atom is -0.465 e. The summed E-state index contributed by atoms with van der Waals surface area (Å²) in [7, 11) is 1.31. The third-order valence-electron chi connectivity index (χ3n) is 5.24. The Bertz CT molecular complexity index is 1460. The predicted molar refractivity (Wildman–Crippen MR) is 125 cm³/mol. The van der Waals surface area contributed by atoms with Crippen molar-refractivity contribution >= 4 is 50.1 Å². The van der Waals surface area contributed by atoms with Gasteiger partial charge in [0.05, 0.1) is 22.9 Å². The maximum Gasteiger partial charge on any atom is 0.342 e. The van der Waals surface area contributed by atoms with E-state index in [9.17, 15) is 9.59 Å². The van der Waals surface area contributed by atoms with E-state index < -0.39 is 5.97 Å². The number of hydrogen-bond acceptors (Lipinski definition) is 6. The Morgan fingerprint density at radius 3 is 2.56 bits per heavy atom. The van der Waals surface area contributed by atoms with E-state index in [1.807, 2.05) is 60.7 Å². The van der Waals surface area contributed by atoms with E-state index in [0.717, 1.165) is 21.0 Å². The molecule has 0 saturated carbocycles. The summed E-state index contributed by atoms with van der Waals surface area (Å²) in [5.74, 6) is -0.375. The van der Waals surface area contributed by atoms with Gasteiger partial charge in [0.25, 0.3) is 5.91 Å². The highest BCUT2D eigenvalue weighted by molar-refractivity contribution is 7.21. The number of thiazole rings is 1. The number of amides is 1. The number of para-hydroxylation sites is 1. The van der Waals surface area contributed by atoms with Gasteiger partial charge in [-0.15, -0.1) is 11.3 Å². The maximum absolute atomic E-state index is 13.2. The quantitative estimate of drug-likeness (QED) is 0.342. The molecule has 0 saturated heterocycles. The molecule has 5 aromatic rings. The fourth-order valence-electron chi connectivity index (χ4n) is 3.76. The first-order valence-corrected chi connectivity index (χ1v) is 10.7. The molecule has 1 N–H and O–H groups in total. The topological polar surface area (TPSA) is 81.4 Å². The summed E-state index contributed by atoms with van der Waals surface area (Å²) in [5.41, 5.74) is 1.98. The number of nitrogens with one attached hydrogen (secondary N) is 1. The van der Waals surface area contributed by atoms with E-state index in [0.29, 0.717) is 21.9 Å². The lowest BCUT2D eigenvalue weighted by Gasteiger charge is -2.08. The molecular weight excluding hydrogens is 424 g/mol. The van der Waals surface area contributed by atoms with Gasteiger partial charge in [0, 0.05) is 5.56 Å². The fourth-order valence-corrected chi connectivity index (χ4v) is 4.77. The number of carbonyl (C=O) groups excluding carboxylic acids is 2. The van der Waals surface area contributed by atoms with E-state index >= 15 is 0 Å². The minimum atomic E-state index is -0.550. The highest BCUT2D eigenvalue weighted by Gasteiger charge is 2.29. The maximum atomic E-state index is 13.2. The van der Waals surface area contributed by atoms with Crippen molar-refractivity contribution in [3.05, 3.63) is 83.6 Å². The van der Waals surface area contributed by atoms with Crippen molar-refractivity contribution in [3.63, 3.8) is 0 Å². The van der Waals surface area contributed by atoms with Crippen molar-refractivity contribution in [3.8, 4) is 10.6 Å². The second-order valence-corrected chi connectivity index (χ2v) is 8.23. The zero-order valence-electron chi connectivity index (χ0n) is 17.3. The highest BCUT2D eigenvalue weighted by atomic mass is 32.1. The van der Waals surface area contributed by atoms with Crippen molar-refractivity contribution < 1.29 is 18.7 Å². The van der Waals surface area contributed by atoms with Crippen LogP contribution in [0.4, 0.5) is 5.88 Å². The number of nitrogens with zero attached hydrogens (tertiary/aromatic N) is 1. The third kappa shape index (κ3) is 3.33. The molecule has 0 aliphatic rings. The minimum absolute atomic E-state index is 0.167. The summed E-state index contributed by atoms with van der Waals surface area (Å²) in [6, 6.07) is 20.9. The molecule has 0 bridgehead atoms. The summed E-state index contributed by atoms with van der Waals surface area (Å²) in [6.45, 7) is 1.66. The summed E-state index contributed by atoms with van der Waals surface area (Å²) in [5, 5.41) is 5.20. The second kappa shape index (κ2) is 7.94. The van der Waals surface area contributed by atoms with E-state index in [2.05, 4.69) is 10.3 Å². The molecule has 7 heteroatoms. The average Bonchev–Trinajstić information content (AvgIpc) is 3.38. The summed E-state index contributed by atoms with van der Waals surface area (Å²) in [6.07, 6.45) is 0. The molecule has 0 atom stereocenters. The first-order chi connectivity index (χ1) is 15.6. The number of fused-ring (bicyclic) bond motifs is 2. The third-order valence-corrected chi connectivity index (χ3v) is 6.30. The number of ether oxygens (including phenoxy) is 1.